The summed E-state index contributed by atoms with van der Waals surface area (Å²) in [5.74, 6) is 4.25. The van der Waals surface area contributed by atoms with Gasteiger partial charge in [-0.05, 0) is 180 Å². The maximum absolute atomic E-state index is 14.5. The van der Waals surface area contributed by atoms with Gasteiger partial charge in [0.25, 0.3) is 0 Å². The van der Waals surface area contributed by atoms with E-state index in [1.165, 1.54) is 0 Å². The molecule has 0 aliphatic heterocycles. The van der Waals surface area contributed by atoms with E-state index in [1.807, 2.05) is 53.7 Å². The summed E-state index contributed by atoms with van der Waals surface area (Å²) in [7, 11) is 1.60. The van der Waals surface area contributed by atoms with Gasteiger partial charge in [0, 0.05) is 53.4 Å². The molecule has 3 N–H and O–H groups in total. The lowest BCUT2D eigenvalue weighted by Gasteiger charge is -2.72. The summed E-state index contributed by atoms with van der Waals surface area (Å²) in [6, 6.07) is 0. The molecule has 0 saturated heterocycles. The minimum atomic E-state index is -0.619. The lowest BCUT2D eigenvalue weighted by Crippen LogP contribution is -2.69. The Kier molecular flexibility index (Phi) is 16.1. The highest BCUT2D eigenvalue weighted by Gasteiger charge is 2.75. The SMILES string of the molecule is CC.NO.[C-]#[N+]C1=C[C@]2(C)[C@H]3CC(=O)[C@@H]4[C@@H]5CC(C)(C)CC[C@]5(C(=O)COC)CC[C@@]4(C)[C@]3(C)CC[C@H]2C(C)(C)C1=O.[C-]#[N+]C1=C[C@]2(C)[C@H]3CC(=O)[C@@H]4[C@@H]5CC(C)(C)CC[C@]5(C(=O)Cl)CC[C@@]4(C)[C@]3(C)CC[C@H]2C(C)(C)C1=O. The lowest BCUT2D eigenvalue weighted by atomic mass is 9.31. The van der Waals surface area contributed by atoms with E-state index in [9.17, 15) is 28.8 Å². The summed E-state index contributed by atoms with van der Waals surface area (Å²) >= 11 is 6.38. The van der Waals surface area contributed by atoms with Crippen LogP contribution in [0, 0.1) is 125 Å². The number of rotatable bonds is 4. The van der Waals surface area contributed by atoms with Crippen molar-refractivity contribution < 1.29 is 38.7 Å². The first-order valence-corrected chi connectivity index (χ1v) is 30.3. The smallest absolute Gasteiger partial charge is 0.228 e. The van der Waals surface area contributed by atoms with E-state index in [2.05, 4.69) is 84.8 Å². The van der Waals surface area contributed by atoms with Crippen molar-refractivity contribution in [3.8, 4) is 0 Å². The van der Waals surface area contributed by atoms with Crippen LogP contribution in [0.5, 0.6) is 0 Å². The topological polar surface area (TPSA) is 167 Å². The van der Waals surface area contributed by atoms with E-state index >= 15 is 0 Å². The Morgan fingerprint density at radius 3 is 1.27 bits per heavy atom. The number of allylic oxidation sites excluding steroid dienone is 4. The molecule has 11 nitrogen and oxygen atoms in total. The molecule has 0 spiro atoms. The van der Waals surface area contributed by atoms with Gasteiger partial charge in [0.1, 0.15) is 18.2 Å². The van der Waals surface area contributed by atoms with Crippen LogP contribution in [0.25, 0.3) is 9.69 Å². The fourth-order valence-electron chi connectivity index (χ4n) is 21.7. The van der Waals surface area contributed by atoms with Crippen molar-refractivity contribution in [2.45, 2.75) is 214 Å². The number of hydrogen-bond acceptors (Lipinski definition) is 9. The maximum Gasteiger partial charge on any atom is 0.228 e. The average molecular weight is 1100 g/mol. The molecule has 8 fully saturated rings. The zero-order valence-electron chi connectivity index (χ0n) is 50.9. The molecule has 8 saturated carbocycles. The molecule has 10 aliphatic rings. The van der Waals surface area contributed by atoms with Gasteiger partial charge in [0.15, 0.2) is 17.3 Å². The summed E-state index contributed by atoms with van der Waals surface area (Å²) in [5.41, 5.74) is -3.11. The van der Waals surface area contributed by atoms with Crippen molar-refractivity contribution in [3.05, 3.63) is 46.4 Å². The number of hydrogen-bond donors (Lipinski definition) is 2. The Labute approximate surface area is 474 Å². The second kappa shape index (κ2) is 20.2. The normalized spacial score (nSPS) is 45.6. The Morgan fingerprint density at radius 2 is 0.910 bits per heavy atom. The number of carbonyl (C=O) groups is 6. The van der Waals surface area contributed by atoms with Crippen LogP contribution in [-0.2, 0) is 33.5 Å². The monoisotopic (exact) mass is 1100 g/mol. The first kappa shape index (κ1) is 62.3. The predicted octanol–water partition coefficient (Wildman–Crippen LogP) is 14.6. The van der Waals surface area contributed by atoms with Crippen LogP contribution in [0.2, 0.25) is 0 Å². The van der Waals surface area contributed by atoms with Gasteiger partial charge >= 0.3 is 0 Å². The highest BCUT2D eigenvalue weighted by Crippen LogP contribution is 2.78. The van der Waals surface area contributed by atoms with Gasteiger partial charge in [-0.2, -0.15) is 0 Å². The molecule has 0 amide bonds. The van der Waals surface area contributed by atoms with Crippen LogP contribution < -0.4 is 5.90 Å². The Hall–Kier alpha value is -3.35. The number of ketones is 5. The molecule has 78 heavy (non-hydrogen) atoms. The average Bonchev–Trinajstić information content (AvgIpc) is 2.88. The minimum absolute atomic E-state index is 0.0143. The number of Topliss-reactive ketones (excluding diaryl/α,β-unsaturated/α-hetero) is 5. The maximum atomic E-state index is 14.5. The largest absolute Gasteiger partial charge is 0.377 e. The third-order valence-corrected chi connectivity index (χ3v) is 26.5. The van der Waals surface area contributed by atoms with E-state index in [1.54, 1.807) is 7.11 Å². The van der Waals surface area contributed by atoms with Crippen molar-refractivity contribution in [3.63, 3.8) is 0 Å². The van der Waals surface area contributed by atoms with Crippen LogP contribution in [0.4, 0.5) is 0 Å². The first-order chi connectivity index (χ1) is 36.0. The van der Waals surface area contributed by atoms with Crippen LogP contribution in [-0.4, -0.2) is 53.1 Å². The van der Waals surface area contributed by atoms with E-state index in [4.69, 9.17) is 34.7 Å². The zero-order valence-corrected chi connectivity index (χ0v) is 51.7. The lowest BCUT2D eigenvalue weighted by molar-refractivity contribution is -0.222. The summed E-state index contributed by atoms with van der Waals surface area (Å²) in [6.45, 7) is 50.7. The second-order valence-corrected chi connectivity index (χ2v) is 31.1. The van der Waals surface area contributed by atoms with Gasteiger partial charge < -0.3 is 19.5 Å². The molecule has 10 rings (SSSR count). The molecule has 432 valence electrons. The fourth-order valence-corrected chi connectivity index (χ4v) is 22.0. The Bertz CT molecular complexity index is 2650. The van der Waals surface area contributed by atoms with E-state index in [0.717, 1.165) is 89.9 Å². The van der Waals surface area contributed by atoms with Gasteiger partial charge in [0.2, 0.25) is 16.6 Å². The first-order valence-electron chi connectivity index (χ1n) is 29.9. The molecule has 0 radical (unpaired) electrons. The zero-order chi connectivity index (χ0) is 58.8. The third kappa shape index (κ3) is 8.49. The molecular weight excluding hydrogens is 998 g/mol. The molecule has 0 bridgehead atoms. The molecule has 10 aliphatic carbocycles. The highest BCUT2D eigenvalue weighted by atomic mass is 35.5. The summed E-state index contributed by atoms with van der Waals surface area (Å²) in [5, 5.41) is 6.26. The third-order valence-electron chi connectivity index (χ3n) is 26.1. The Balaban J connectivity index is 0.000000213. The molecule has 12 heteroatoms. The molecule has 0 unspecified atom stereocenters. The van der Waals surface area contributed by atoms with Crippen molar-refractivity contribution in [2.24, 2.45) is 118 Å². The number of carbonyl (C=O) groups excluding carboxylic acids is 6. The molecule has 16 atom stereocenters. The van der Waals surface area contributed by atoms with Crippen molar-refractivity contribution in [1.82, 2.24) is 0 Å². The number of ether oxygens (including phenoxy) is 1. The molecule has 0 heterocycles. The number of halogens is 1. The van der Waals surface area contributed by atoms with Gasteiger partial charge in [-0.3, -0.25) is 19.2 Å². The number of nitrogens with two attached hydrogens (primary N) is 1. The second-order valence-electron chi connectivity index (χ2n) is 30.8. The van der Waals surface area contributed by atoms with Gasteiger partial charge in [-0.25, -0.2) is 15.6 Å². The van der Waals surface area contributed by atoms with Gasteiger partial charge in [-0.1, -0.05) is 123 Å². The van der Waals surface area contributed by atoms with E-state index in [0.29, 0.717) is 18.6 Å². The predicted molar refractivity (Wildman–Crippen MR) is 305 cm³/mol. The van der Waals surface area contributed by atoms with Crippen molar-refractivity contribution in [2.75, 3.05) is 13.7 Å². The molecule has 0 aromatic heterocycles. The van der Waals surface area contributed by atoms with Gasteiger partial charge in [0.05, 0.1) is 13.1 Å². The van der Waals surface area contributed by atoms with E-state index in [-0.39, 0.29) is 132 Å². The molecule has 0 aromatic rings. The molecule has 0 aromatic carbocycles. The minimum Gasteiger partial charge on any atom is -0.377 e. The summed E-state index contributed by atoms with van der Waals surface area (Å²) < 4.78 is 5.37. The quantitative estimate of drug-likeness (QED) is 0.158. The van der Waals surface area contributed by atoms with Crippen LogP contribution in [0.3, 0.4) is 0 Å². The van der Waals surface area contributed by atoms with Crippen LogP contribution >= 0.6 is 11.6 Å². The number of methoxy groups -OCH3 is 1. The summed E-state index contributed by atoms with van der Waals surface area (Å²) in [6.07, 6.45) is 17.3. The standard InChI is InChI=1S/C33H47NO4.C31H42ClNO3.C2H6.H3NO/c1-28(2)12-14-33(25(36)19-38-9)15-13-32(7)26(20(33)17-28)22(35)16-24-30(5)18-21(34-8)27(37)29(3,4)23(30)10-11-31(24,32)6;1-26(2)11-13-31(25(32)36)14-12-30(7)23(18(31)16-26)20(34)15-22-28(5)17-19(33-8)24(35)27(3,4)21(28)9-10-29(22,30)6;2*1-2/h18,20,23-24,26H,10-17,19H2,1-7,9H3;17-18,21-23H,9-16H2,1-7H3;1-2H3;2H,1H2/t20-,23-,24+,26-,30-,31+,32+,33-;18-,21-,22+,23-,28-,29+,30+,31-;;/m00../s1. The van der Waals surface area contributed by atoms with Crippen molar-refractivity contribution >= 4 is 45.8 Å². The fraction of sp³-hybridized carbons (Fsp3) is 0.818. The Morgan fingerprint density at radius 1 is 0.564 bits per heavy atom. The van der Waals surface area contributed by atoms with E-state index < -0.39 is 27.1 Å². The van der Waals surface area contributed by atoms with Crippen LogP contribution in [0.1, 0.15) is 214 Å². The number of fused-ring (bicyclic) bond motifs is 14. The number of nitrogens with zero attached hydrogens (tertiary/aromatic N) is 2. The summed E-state index contributed by atoms with van der Waals surface area (Å²) in [4.78, 5) is 89.4. The van der Waals surface area contributed by atoms with Crippen molar-refractivity contribution in [1.29, 1.82) is 0 Å². The van der Waals surface area contributed by atoms with Gasteiger partial charge in [-0.15, -0.1) is 0 Å². The molecular formula is C66H98ClN3O8. The highest BCUT2D eigenvalue weighted by molar-refractivity contribution is 6.64. The van der Waals surface area contributed by atoms with Crippen LogP contribution in [0.15, 0.2) is 23.5 Å².